The van der Waals surface area contributed by atoms with Crippen LogP contribution in [0.15, 0.2) is 27.6 Å². The fraction of sp³-hybridized carbons (Fsp3) is 0.364. The van der Waals surface area contributed by atoms with E-state index in [1.54, 1.807) is 0 Å². The van der Waals surface area contributed by atoms with Crippen molar-refractivity contribution in [3.63, 3.8) is 0 Å². The molecule has 1 aromatic carbocycles. The van der Waals surface area contributed by atoms with Crippen LogP contribution < -0.4 is 4.72 Å². The molecule has 0 saturated carbocycles. The SMILES string of the molecule is CC(NS(=O)(=O)c1ccc(Br)c(F)c1)C(C)C(=O)O. The summed E-state index contributed by atoms with van der Waals surface area (Å²) < 4.78 is 39.6. The molecule has 0 bridgehead atoms. The fourth-order valence-electron chi connectivity index (χ4n) is 1.27. The molecule has 2 unspecified atom stereocenters. The highest BCUT2D eigenvalue weighted by molar-refractivity contribution is 9.10. The number of hydrogen-bond acceptors (Lipinski definition) is 3. The summed E-state index contributed by atoms with van der Waals surface area (Å²) in [4.78, 5) is 10.5. The Kier molecular flexibility index (Phi) is 5.05. The highest BCUT2D eigenvalue weighted by Crippen LogP contribution is 2.20. The molecule has 0 saturated heterocycles. The van der Waals surface area contributed by atoms with E-state index in [9.17, 15) is 17.6 Å². The Bertz CT molecular complexity index is 590. The van der Waals surface area contributed by atoms with Gasteiger partial charge in [-0.15, -0.1) is 0 Å². The summed E-state index contributed by atoms with van der Waals surface area (Å²) in [7, 11) is -3.95. The molecule has 1 aromatic rings. The molecule has 2 N–H and O–H groups in total. The molecule has 0 aliphatic carbocycles. The summed E-state index contributed by atoms with van der Waals surface area (Å²) >= 11 is 2.92. The number of hydrogen-bond donors (Lipinski definition) is 2. The summed E-state index contributed by atoms with van der Waals surface area (Å²) in [6.45, 7) is 2.82. The minimum absolute atomic E-state index is 0.151. The minimum atomic E-state index is -3.95. The van der Waals surface area contributed by atoms with E-state index in [4.69, 9.17) is 5.11 Å². The third-order valence-electron chi connectivity index (χ3n) is 2.68. The van der Waals surface area contributed by atoms with Crippen LogP contribution in [0.5, 0.6) is 0 Å². The van der Waals surface area contributed by atoms with E-state index in [0.29, 0.717) is 0 Å². The van der Waals surface area contributed by atoms with Gasteiger partial charge < -0.3 is 5.11 Å². The normalized spacial score (nSPS) is 14.9. The maximum absolute atomic E-state index is 13.3. The highest BCUT2D eigenvalue weighted by atomic mass is 79.9. The molecule has 0 aliphatic heterocycles. The van der Waals surface area contributed by atoms with Gasteiger partial charge in [-0.1, -0.05) is 6.92 Å². The molecule has 8 heteroatoms. The van der Waals surface area contributed by atoms with Crippen LogP contribution in [-0.4, -0.2) is 25.5 Å². The number of carboxylic acids is 1. The molecule has 0 aliphatic rings. The van der Waals surface area contributed by atoms with Crippen molar-refractivity contribution in [1.82, 2.24) is 4.72 Å². The Morgan fingerprint density at radius 1 is 1.42 bits per heavy atom. The van der Waals surface area contributed by atoms with E-state index in [2.05, 4.69) is 20.7 Å². The third kappa shape index (κ3) is 3.99. The second kappa shape index (κ2) is 5.98. The average Bonchev–Trinajstić information content (AvgIpc) is 2.30. The number of aliphatic carboxylic acids is 1. The lowest BCUT2D eigenvalue weighted by molar-refractivity contribution is -0.141. The quantitative estimate of drug-likeness (QED) is 0.847. The van der Waals surface area contributed by atoms with Crippen LogP contribution in [-0.2, 0) is 14.8 Å². The molecule has 5 nitrogen and oxygen atoms in total. The number of sulfonamides is 1. The van der Waals surface area contributed by atoms with Crippen LogP contribution in [0.3, 0.4) is 0 Å². The number of rotatable bonds is 5. The third-order valence-corrected chi connectivity index (χ3v) is 4.88. The number of halogens is 2. The van der Waals surface area contributed by atoms with E-state index in [1.807, 2.05) is 0 Å². The van der Waals surface area contributed by atoms with Gasteiger partial charge in [0.1, 0.15) is 5.82 Å². The molecule has 0 amide bonds. The van der Waals surface area contributed by atoms with E-state index in [0.717, 1.165) is 6.07 Å². The lowest BCUT2D eigenvalue weighted by atomic mass is 10.1. The van der Waals surface area contributed by atoms with Crippen LogP contribution in [0.25, 0.3) is 0 Å². The monoisotopic (exact) mass is 353 g/mol. The zero-order valence-electron chi connectivity index (χ0n) is 10.2. The van der Waals surface area contributed by atoms with E-state index in [1.165, 1.54) is 26.0 Å². The Morgan fingerprint density at radius 2 is 2.00 bits per heavy atom. The number of carbonyl (C=O) groups is 1. The first kappa shape index (κ1) is 16.1. The van der Waals surface area contributed by atoms with Gasteiger partial charge in [-0.3, -0.25) is 4.79 Å². The Hall–Kier alpha value is -0.990. The van der Waals surface area contributed by atoms with E-state index >= 15 is 0 Å². The molecule has 0 aromatic heterocycles. The van der Waals surface area contributed by atoms with E-state index < -0.39 is 33.8 Å². The lowest BCUT2D eigenvalue weighted by Crippen LogP contribution is -2.40. The van der Waals surface area contributed by atoms with Gasteiger partial charge in [0.25, 0.3) is 0 Å². The van der Waals surface area contributed by atoms with Crippen LogP contribution in [0.1, 0.15) is 13.8 Å². The zero-order chi connectivity index (χ0) is 14.8. The van der Waals surface area contributed by atoms with E-state index in [-0.39, 0.29) is 9.37 Å². The van der Waals surface area contributed by atoms with Gasteiger partial charge in [0.05, 0.1) is 15.3 Å². The predicted molar refractivity (Wildman–Crippen MR) is 70.7 cm³/mol. The molecular weight excluding hydrogens is 341 g/mol. The van der Waals surface area contributed by atoms with Gasteiger partial charge in [0.2, 0.25) is 10.0 Å². The largest absolute Gasteiger partial charge is 0.481 e. The summed E-state index contributed by atoms with van der Waals surface area (Å²) in [5.74, 6) is -2.71. The molecule has 0 heterocycles. The number of nitrogens with one attached hydrogen (secondary N) is 1. The van der Waals surface area contributed by atoms with Gasteiger partial charge in [-0.05, 0) is 41.1 Å². The molecule has 0 spiro atoms. The minimum Gasteiger partial charge on any atom is -0.481 e. The van der Waals surface area contributed by atoms with Crippen molar-refractivity contribution in [2.45, 2.75) is 24.8 Å². The van der Waals surface area contributed by atoms with Gasteiger partial charge in [0.15, 0.2) is 0 Å². The molecule has 0 fully saturated rings. The summed E-state index contributed by atoms with van der Waals surface area (Å²) in [6, 6.07) is 2.56. The van der Waals surface area contributed by atoms with Crippen LogP contribution >= 0.6 is 15.9 Å². The van der Waals surface area contributed by atoms with Crippen molar-refractivity contribution in [3.05, 3.63) is 28.5 Å². The van der Waals surface area contributed by atoms with Crippen molar-refractivity contribution in [3.8, 4) is 0 Å². The molecule has 19 heavy (non-hydrogen) atoms. The Labute approximate surface area is 119 Å². The first-order valence-corrected chi connectivity index (χ1v) is 7.63. The van der Waals surface area contributed by atoms with Gasteiger partial charge in [-0.2, -0.15) is 0 Å². The Morgan fingerprint density at radius 3 is 2.47 bits per heavy atom. The topological polar surface area (TPSA) is 83.5 Å². The zero-order valence-corrected chi connectivity index (χ0v) is 12.6. The van der Waals surface area contributed by atoms with Gasteiger partial charge >= 0.3 is 5.97 Å². The highest BCUT2D eigenvalue weighted by Gasteiger charge is 2.25. The maximum atomic E-state index is 13.3. The fourth-order valence-corrected chi connectivity index (χ4v) is 2.85. The molecule has 2 atom stereocenters. The van der Waals surface area contributed by atoms with Crippen LogP contribution in [0, 0.1) is 11.7 Å². The van der Waals surface area contributed by atoms with Crippen molar-refractivity contribution in [2.24, 2.45) is 5.92 Å². The average molecular weight is 354 g/mol. The number of carboxylic acid groups (broad SMARTS) is 1. The molecule has 106 valence electrons. The first-order valence-electron chi connectivity index (χ1n) is 5.35. The molecule has 1 rings (SSSR count). The van der Waals surface area contributed by atoms with Crippen molar-refractivity contribution in [2.75, 3.05) is 0 Å². The van der Waals surface area contributed by atoms with Crippen molar-refractivity contribution in [1.29, 1.82) is 0 Å². The second-order valence-electron chi connectivity index (χ2n) is 4.11. The first-order chi connectivity index (χ1) is 8.65. The number of benzene rings is 1. The predicted octanol–water partition coefficient (Wildman–Crippen LogP) is 1.98. The second-order valence-corrected chi connectivity index (χ2v) is 6.68. The summed E-state index contributed by atoms with van der Waals surface area (Å²) in [5.41, 5.74) is 0. The summed E-state index contributed by atoms with van der Waals surface area (Å²) in [6.07, 6.45) is 0. The smallest absolute Gasteiger partial charge is 0.307 e. The maximum Gasteiger partial charge on any atom is 0.307 e. The van der Waals surface area contributed by atoms with Crippen LogP contribution in [0.2, 0.25) is 0 Å². The lowest BCUT2D eigenvalue weighted by Gasteiger charge is -2.17. The van der Waals surface area contributed by atoms with Crippen LogP contribution in [0.4, 0.5) is 4.39 Å². The van der Waals surface area contributed by atoms with Gasteiger partial charge in [-0.25, -0.2) is 17.5 Å². The van der Waals surface area contributed by atoms with Crippen molar-refractivity contribution < 1.29 is 22.7 Å². The molecule has 0 radical (unpaired) electrons. The molecular formula is C11H13BrFNO4S. The Balaban J connectivity index is 2.98. The summed E-state index contributed by atoms with van der Waals surface area (Å²) in [5, 5.41) is 8.80. The van der Waals surface area contributed by atoms with Crippen molar-refractivity contribution >= 4 is 31.9 Å². The van der Waals surface area contributed by atoms with Gasteiger partial charge in [0, 0.05) is 6.04 Å². The standard InChI is InChI=1S/C11H13BrFNO4S/c1-6(11(15)16)7(2)14-19(17,18)8-3-4-9(12)10(13)5-8/h3-7,14H,1-2H3,(H,15,16).